The van der Waals surface area contributed by atoms with Gasteiger partial charge in [-0.15, -0.1) is 5.10 Å². The summed E-state index contributed by atoms with van der Waals surface area (Å²) in [7, 11) is 1.88. The van der Waals surface area contributed by atoms with Gasteiger partial charge in [0.1, 0.15) is 5.52 Å². The fourth-order valence-corrected chi connectivity index (χ4v) is 2.46. The molecule has 0 amide bonds. The zero-order chi connectivity index (χ0) is 15.0. The average Bonchev–Trinajstić information content (AvgIpc) is 3.02. The van der Waals surface area contributed by atoms with Crippen molar-refractivity contribution in [2.45, 2.75) is 19.9 Å². The number of aromatic carboxylic acids is 1. The lowest BCUT2D eigenvalue weighted by atomic mass is 10.1. The highest BCUT2D eigenvalue weighted by Crippen LogP contribution is 2.18. The van der Waals surface area contributed by atoms with Crippen LogP contribution in [0.1, 0.15) is 28.5 Å². The first-order valence-electron chi connectivity index (χ1n) is 6.67. The predicted molar refractivity (Wildman–Crippen MR) is 76.2 cm³/mol. The third-order valence-electron chi connectivity index (χ3n) is 3.42. The number of aromatic nitrogens is 5. The maximum Gasteiger partial charge on any atom is 0.338 e. The summed E-state index contributed by atoms with van der Waals surface area (Å²) in [4.78, 5) is 11.2. The Labute approximate surface area is 120 Å². The molecule has 1 N–H and O–H groups in total. The lowest BCUT2D eigenvalue weighted by molar-refractivity contribution is 0.0699. The van der Waals surface area contributed by atoms with Crippen LogP contribution in [-0.4, -0.2) is 35.9 Å². The molecule has 0 unspecified atom stereocenters. The first kappa shape index (κ1) is 13.3. The quantitative estimate of drug-likeness (QED) is 0.784. The largest absolute Gasteiger partial charge is 0.478 e. The van der Waals surface area contributed by atoms with E-state index in [2.05, 4.69) is 15.4 Å². The van der Waals surface area contributed by atoms with Crippen molar-refractivity contribution in [1.82, 2.24) is 24.8 Å². The summed E-state index contributed by atoms with van der Waals surface area (Å²) >= 11 is 0. The van der Waals surface area contributed by atoms with Gasteiger partial charge in [-0.1, -0.05) is 18.2 Å². The van der Waals surface area contributed by atoms with Gasteiger partial charge in [-0.3, -0.25) is 4.68 Å². The van der Waals surface area contributed by atoms with Crippen LogP contribution in [0.3, 0.4) is 0 Å². The summed E-state index contributed by atoms with van der Waals surface area (Å²) < 4.78 is 3.48. The Balaban J connectivity index is 2.05. The van der Waals surface area contributed by atoms with Gasteiger partial charge in [-0.05, 0) is 18.6 Å². The van der Waals surface area contributed by atoms with Crippen LogP contribution < -0.4 is 0 Å². The van der Waals surface area contributed by atoms with Crippen LogP contribution in [0.5, 0.6) is 0 Å². The van der Waals surface area contributed by atoms with Crippen molar-refractivity contribution in [3.63, 3.8) is 0 Å². The van der Waals surface area contributed by atoms with Crippen LogP contribution in [0, 0.1) is 0 Å². The van der Waals surface area contributed by atoms with Crippen LogP contribution in [0.25, 0.3) is 11.0 Å². The molecule has 0 aliphatic rings. The number of nitrogens with zero attached hydrogens (tertiary/aromatic N) is 5. The van der Waals surface area contributed by atoms with Crippen LogP contribution in [0.2, 0.25) is 0 Å². The van der Waals surface area contributed by atoms with Crippen LogP contribution in [-0.2, 0) is 20.0 Å². The van der Waals surface area contributed by atoms with Crippen molar-refractivity contribution in [1.29, 1.82) is 0 Å². The number of rotatable bonds is 4. The number of carboxylic acid groups (broad SMARTS) is 1. The van der Waals surface area contributed by atoms with E-state index in [4.69, 9.17) is 0 Å². The molecular formula is C14H15N5O2. The lowest BCUT2D eigenvalue weighted by Crippen LogP contribution is -2.03. The molecule has 0 aliphatic heterocycles. The van der Waals surface area contributed by atoms with E-state index in [1.165, 1.54) is 6.07 Å². The van der Waals surface area contributed by atoms with E-state index in [0.717, 1.165) is 17.7 Å². The van der Waals surface area contributed by atoms with Crippen molar-refractivity contribution in [2.24, 2.45) is 7.05 Å². The number of hydrogen-bond donors (Lipinski definition) is 1. The van der Waals surface area contributed by atoms with Crippen molar-refractivity contribution in [3.05, 3.63) is 41.2 Å². The molecule has 7 nitrogen and oxygen atoms in total. The molecule has 0 saturated heterocycles. The zero-order valence-corrected chi connectivity index (χ0v) is 11.8. The van der Waals surface area contributed by atoms with Crippen LogP contribution in [0.15, 0.2) is 24.4 Å². The maximum absolute atomic E-state index is 11.2. The Morgan fingerprint density at radius 2 is 2.19 bits per heavy atom. The molecule has 2 heterocycles. The molecule has 1 aromatic carbocycles. The molecule has 0 spiro atoms. The third kappa shape index (κ3) is 2.26. The van der Waals surface area contributed by atoms with Crippen LogP contribution >= 0.6 is 0 Å². The SMILES string of the molecule is CCc1nn(C)cc1Cn1nnc2c(C(=O)O)cccc21. The third-order valence-corrected chi connectivity index (χ3v) is 3.42. The molecule has 21 heavy (non-hydrogen) atoms. The van der Waals surface area contributed by atoms with Gasteiger partial charge in [0.15, 0.2) is 0 Å². The first-order chi connectivity index (χ1) is 10.1. The highest BCUT2D eigenvalue weighted by atomic mass is 16.4. The summed E-state index contributed by atoms with van der Waals surface area (Å²) in [5, 5.41) is 21.7. The summed E-state index contributed by atoms with van der Waals surface area (Å²) in [6, 6.07) is 5.06. The normalized spacial score (nSPS) is 11.1. The number of carboxylic acids is 1. The summed E-state index contributed by atoms with van der Waals surface area (Å²) in [5.74, 6) is -0.997. The molecule has 0 fully saturated rings. The van der Waals surface area contributed by atoms with Crippen molar-refractivity contribution < 1.29 is 9.90 Å². The Morgan fingerprint density at radius 1 is 1.38 bits per heavy atom. The number of fused-ring (bicyclic) bond motifs is 1. The highest BCUT2D eigenvalue weighted by Gasteiger charge is 2.15. The van der Waals surface area contributed by atoms with Gasteiger partial charge < -0.3 is 5.11 Å². The minimum absolute atomic E-state index is 0.167. The second-order valence-electron chi connectivity index (χ2n) is 4.85. The van der Waals surface area contributed by atoms with Gasteiger partial charge in [0.05, 0.1) is 23.3 Å². The Morgan fingerprint density at radius 3 is 2.90 bits per heavy atom. The maximum atomic E-state index is 11.2. The molecule has 2 aromatic heterocycles. The van der Waals surface area contributed by atoms with E-state index in [1.54, 1.807) is 15.4 Å². The Hall–Kier alpha value is -2.70. The van der Waals surface area contributed by atoms with E-state index < -0.39 is 5.97 Å². The minimum Gasteiger partial charge on any atom is -0.478 e. The second kappa shape index (κ2) is 5.01. The first-order valence-corrected chi connectivity index (χ1v) is 6.67. The summed E-state index contributed by atoms with van der Waals surface area (Å²) in [6.45, 7) is 2.57. The highest BCUT2D eigenvalue weighted by molar-refractivity contribution is 6.00. The number of benzene rings is 1. The van der Waals surface area contributed by atoms with Crippen molar-refractivity contribution in [2.75, 3.05) is 0 Å². The lowest BCUT2D eigenvalue weighted by Gasteiger charge is -2.02. The van der Waals surface area contributed by atoms with Crippen molar-refractivity contribution in [3.8, 4) is 0 Å². The van der Waals surface area contributed by atoms with Crippen LogP contribution in [0.4, 0.5) is 0 Å². The van der Waals surface area contributed by atoms with E-state index in [0.29, 0.717) is 17.6 Å². The predicted octanol–water partition coefficient (Wildman–Crippen LogP) is 1.47. The molecule has 0 aliphatic carbocycles. The van der Waals surface area contributed by atoms with E-state index in [9.17, 15) is 9.90 Å². The standard InChI is InChI=1S/C14H15N5O2/c1-3-11-9(7-18(2)16-11)8-19-12-6-4-5-10(14(20)21)13(12)15-17-19/h4-7H,3,8H2,1-2H3,(H,20,21). The molecule has 0 saturated carbocycles. The summed E-state index contributed by atoms with van der Waals surface area (Å²) in [6.07, 6.45) is 2.79. The molecule has 0 bridgehead atoms. The second-order valence-corrected chi connectivity index (χ2v) is 4.85. The van der Waals surface area contributed by atoms with Gasteiger partial charge in [0, 0.05) is 18.8 Å². The molecule has 7 heteroatoms. The number of hydrogen-bond acceptors (Lipinski definition) is 4. The zero-order valence-electron chi connectivity index (χ0n) is 11.8. The smallest absolute Gasteiger partial charge is 0.338 e. The van der Waals surface area contributed by atoms with E-state index in [1.807, 2.05) is 26.2 Å². The van der Waals surface area contributed by atoms with Gasteiger partial charge >= 0.3 is 5.97 Å². The van der Waals surface area contributed by atoms with Gasteiger partial charge in [-0.2, -0.15) is 5.10 Å². The van der Waals surface area contributed by atoms with Gasteiger partial charge in [0.25, 0.3) is 0 Å². The topological polar surface area (TPSA) is 85.8 Å². The van der Waals surface area contributed by atoms with Gasteiger partial charge in [0.2, 0.25) is 0 Å². The number of carbonyl (C=O) groups is 1. The van der Waals surface area contributed by atoms with Crippen molar-refractivity contribution >= 4 is 17.0 Å². The summed E-state index contributed by atoms with van der Waals surface area (Å²) in [5.41, 5.74) is 3.36. The van der Waals surface area contributed by atoms with E-state index in [-0.39, 0.29) is 5.56 Å². The van der Waals surface area contributed by atoms with E-state index >= 15 is 0 Å². The number of aryl methyl sites for hydroxylation is 2. The fraction of sp³-hybridized carbons (Fsp3) is 0.286. The Kier molecular flexibility index (Phi) is 3.17. The fourth-order valence-electron chi connectivity index (χ4n) is 2.46. The molecule has 0 radical (unpaired) electrons. The average molecular weight is 285 g/mol. The minimum atomic E-state index is -0.997. The Bertz CT molecular complexity index is 818. The molecule has 3 rings (SSSR count). The molecule has 0 atom stereocenters. The molecular weight excluding hydrogens is 270 g/mol. The monoisotopic (exact) mass is 285 g/mol. The molecule has 3 aromatic rings. The molecule has 108 valence electrons. The van der Waals surface area contributed by atoms with Gasteiger partial charge in [-0.25, -0.2) is 9.48 Å².